The Hall–Kier alpha value is -2.04. The van der Waals surface area contributed by atoms with Crippen molar-refractivity contribution in [3.05, 3.63) is 69.7 Å². The summed E-state index contributed by atoms with van der Waals surface area (Å²) in [4.78, 5) is 2.04. The van der Waals surface area contributed by atoms with Gasteiger partial charge in [0.2, 0.25) is 0 Å². The Kier molecular flexibility index (Phi) is 4.18. The van der Waals surface area contributed by atoms with Crippen molar-refractivity contribution >= 4 is 55.6 Å². The number of nitrogens with one attached hydrogen (secondary N) is 2. The summed E-state index contributed by atoms with van der Waals surface area (Å²) < 4.78 is 1.10. The summed E-state index contributed by atoms with van der Waals surface area (Å²) in [5, 5.41) is 14.8. The van der Waals surface area contributed by atoms with Gasteiger partial charge in [0, 0.05) is 33.3 Å². The van der Waals surface area contributed by atoms with Crippen molar-refractivity contribution in [2.24, 2.45) is 0 Å². The fourth-order valence-electron chi connectivity index (χ4n) is 3.50. The molecule has 0 saturated carbocycles. The largest absolute Gasteiger partial charge is 0.326 e. The standard InChI is InChI=1S/C20H17BrClN3/c1-12-11-25(20(23)24-14-7-5-13(22)6-8-14)18-10-9-15-16(19(12)18)3-2-4-17(15)21/h2-10,12H,11H2,1H3,(H2,23,24). The normalized spacial score (nSPS) is 16.1. The molecule has 1 heterocycles. The number of rotatable bonds is 1. The predicted molar refractivity (Wildman–Crippen MR) is 110 cm³/mol. The van der Waals surface area contributed by atoms with Crippen LogP contribution >= 0.6 is 27.5 Å². The number of fused-ring (bicyclic) bond motifs is 3. The summed E-state index contributed by atoms with van der Waals surface area (Å²) in [5.74, 6) is 0.739. The smallest absolute Gasteiger partial charge is 0.200 e. The van der Waals surface area contributed by atoms with Gasteiger partial charge >= 0.3 is 0 Å². The van der Waals surface area contributed by atoms with Crippen LogP contribution in [0, 0.1) is 5.41 Å². The lowest BCUT2D eigenvalue weighted by Crippen LogP contribution is -2.34. The van der Waals surface area contributed by atoms with Crippen LogP contribution in [0.5, 0.6) is 0 Å². The lowest BCUT2D eigenvalue weighted by molar-refractivity contribution is 0.824. The van der Waals surface area contributed by atoms with Crippen LogP contribution in [-0.4, -0.2) is 12.5 Å². The second-order valence-electron chi connectivity index (χ2n) is 6.33. The average molecular weight is 415 g/mol. The summed E-state index contributed by atoms with van der Waals surface area (Å²) in [5.41, 5.74) is 3.27. The third-order valence-corrected chi connectivity index (χ3v) is 5.59. The van der Waals surface area contributed by atoms with E-state index >= 15 is 0 Å². The van der Waals surface area contributed by atoms with E-state index in [1.165, 1.54) is 16.3 Å². The van der Waals surface area contributed by atoms with Crippen LogP contribution in [0.3, 0.4) is 0 Å². The van der Waals surface area contributed by atoms with E-state index in [1.54, 1.807) is 0 Å². The molecule has 126 valence electrons. The van der Waals surface area contributed by atoms with Gasteiger partial charge in [-0.1, -0.05) is 52.7 Å². The molecule has 0 radical (unpaired) electrons. The van der Waals surface area contributed by atoms with Crippen molar-refractivity contribution in [2.75, 3.05) is 16.8 Å². The molecule has 4 rings (SSSR count). The van der Waals surface area contributed by atoms with Crippen molar-refractivity contribution in [1.82, 2.24) is 0 Å². The quantitative estimate of drug-likeness (QED) is 0.366. The van der Waals surface area contributed by atoms with E-state index < -0.39 is 0 Å². The van der Waals surface area contributed by atoms with Gasteiger partial charge in [-0.05, 0) is 52.7 Å². The Balaban J connectivity index is 1.70. The van der Waals surface area contributed by atoms with Gasteiger partial charge in [-0.15, -0.1) is 0 Å². The molecule has 0 aliphatic carbocycles. The van der Waals surface area contributed by atoms with E-state index in [4.69, 9.17) is 17.0 Å². The molecular formula is C20H17BrClN3. The fourth-order valence-corrected chi connectivity index (χ4v) is 4.12. The SMILES string of the molecule is CC1CN(C(=N)Nc2ccc(Cl)cc2)c2ccc3c(Br)cccc3c21. The Labute approximate surface area is 160 Å². The van der Waals surface area contributed by atoms with Gasteiger partial charge in [0.05, 0.1) is 0 Å². The van der Waals surface area contributed by atoms with Gasteiger partial charge in [-0.3, -0.25) is 5.41 Å². The molecule has 0 bridgehead atoms. The third kappa shape index (κ3) is 2.90. The van der Waals surface area contributed by atoms with Crippen molar-refractivity contribution in [3.63, 3.8) is 0 Å². The minimum Gasteiger partial charge on any atom is -0.326 e. The van der Waals surface area contributed by atoms with Gasteiger partial charge < -0.3 is 10.2 Å². The molecule has 0 spiro atoms. The van der Waals surface area contributed by atoms with E-state index in [-0.39, 0.29) is 0 Å². The van der Waals surface area contributed by atoms with E-state index in [9.17, 15) is 0 Å². The minimum absolute atomic E-state index is 0.361. The number of hydrogen-bond acceptors (Lipinski definition) is 1. The molecule has 3 aromatic carbocycles. The zero-order valence-corrected chi connectivity index (χ0v) is 16.0. The van der Waals surface area contributed by atoms with Crippen LogP contribution in [0.1, 0.15) is 18.4 Å². The molecule has 3 nitrogen and oxygen atoms in total. The molecule has 1 unspecified atom stereocenters. The maximum atomic E-state index is 8.52. The number of halogens is 2. The van der Waals surface area contributed by atoms with E-state index in [0.29, 0.717) is 16.9 Å². The second kappa shape index (κ2) is 6.36. The summed E-state index contributed by atoms with van der Waals surface area (Å²) >= 11 is 9.57. The number of nitrogens with zero attached hydrogens (tertiary/aromatic N) is 1. The summed E-state index contributed by atoms with van der Waals surface area (Å²) in [6.07, 6.45) is 0. The summed E-state index contributed by atoms with van der Waals surface area (Å²) in [6.45, 7) is 3.01. The lowest BCUT2D eigenvalue weighted by Gasteiger charge is -2.21. The topological polar surface area (TPSA) is 39.1 Å². The van der Waals surface area contributed by atoms with Crippen LogP contribution in [-0.2, 0) is 0 Å². The number of benzene rings is 3. The highest BCUT2D eigenvalue weighted by Gasteiger charge is 2.30. The molecule has 0 saturated heterocycles. The highest BCUT2D eigenvalue weighted by Crippen LogP contribution is 2.42. The van der Waals surface area contributed by atoms with Crippen LogP contribution < -0.4 is 10.2 Å². The Morgan fingerprint density at radius 1 is 1.12 bits per heavy atom. The maximum Gasteiger partial charge on any atom is 0.200 e. The van der Waals surface area contributed by atoms with Crippen LogP contribution in [0.2, 0.25) is 5.02 Å². The van der Waals surface area contributed by atoms with Gasteiger partial charge in [0.1, 0.15) is 0 Å². The van der Waals surface area contributed by atoms with Gasteiger partial charge in [-0.2, -0.15) is 0 Å². The maximum absolute atomic E-state index is 8.52. The highest BCUT2D eigenvalue weighted by atomic mass is 79.9. The van der Waals surface area contributed by atoms with E-state index in [0.717, 1.165) is 22.4 Å². The molecule has 1 aliphatic heterocycles. The van der Waals surface area contributed by atoms with Crippen molar-refractivity contribution in [1.29, 1.82) is 5.41 Å². The molecule has 25 heavy (non-hydrogen) atoms. The first kappa shape index (κ1) is 16.4. The van der Waals surface area contributed by atoms with E-state index in [1.807, 2.05) is 29.2 Å². The van der Waals surface area contributed by atoms with E-state index in [2.05, 4.69) is 58.5 Å². The summed E-state index contributed by atoms with van der Waals surface area (Å²) in [6, 6.07) is 17.9. The molecular weight excluding hydrogens is 398 g/mol. The monoisotopic (exact) mass is 413 g/mol. The van der Waals surface area contributed by atoms with Gasteiger partial charge in [-0.25, -0.2) is 0 Å². The second-order valence-corrected chi connectivity index (χ2v) is 7.62. The molecule has 3 aromatic rings. The molecule has 2 N–H and O–H groups in total. The average Bonchev–Trinajstić information content (AvgIpc) is 2.95. The Morgan fingerprint density at radius 2 is 1.88 bits per heavy atom. The molecule has 0 amide bonds. The fraction of sp³-hybridized carbons (Fsp3) is 0.150. The van der Waals surface area contributed by atoms with Gasteiger partial charge in [0.25, 0.3) is 0 Å². The van der Waals surface area contributed by atoms with Crippen molar-refractivity contribution < 1.29 is 0 Å². The van der Waals surface area contributed by atoms with Crippen LogP contribution in [0.25, 0.3) is 10.8 Å². The van der Waals surface area contributed by atoms with Crippen LogP contribution in [0.15, 0.2) is 59.1 Å². The van der Waals surface area contributed by atoms with Crippen molar-refractivity contribution in [3.8, 4) is 0 Å². The third-order valence-electron chi connectivity index (χ3n) is 4.64. The zero-order valence-electron chi connectivity index (χ0n) is 13.7. The molecule has 0 fully saturated rings. The zero-order chi connectivity index (χ0) is 17.6. The van der Waals surface area contributed by atoms with Crippen LogP contribution in [0.4, 0.5) is 11.4 Å². The first-order chi connectivity index (χ1) is 12.0. The molecule has 0 aromatic heterocycles. The number of anilines is 2. The lowest BCUT2D eigenvalue weighted by atomic mass is 9.96. The summed E-state index contributed by atoms with van der Waals surface area (Å²) in [7, 11) is 0. The first-order valence-electron chi connectivity index (χ1n) is 8.14. The first-order valence-corrected chi connectivity index (χ1v) is 9.31. The van der Waals surface area contributed by atoms with Gasteiger partial charge in [0.15, 0.2) is 5.96 Å². The Morgan fingerprint density at radius 3 is 2.64 bits per heavy atom. The number of hydrogen-bond donors (Lipinski definition) is 2. The molecule has 1 atom stereocenters. The minimum atomic E-state index is 0.361. The Bertz CT molecular complexity index is 969. The van der Waals surface area contributed by atoms with Crippen molar-refractivity contribution in [2.45, 2.75) is 12.8 Å². The molecule has 1 aliphatic rings. The number of guanidine groups is 1. The predicted octanol–water partition coefficient (Wildman–Crippen LogP) is 6.23. The highest BCUT2D eigenvalue weighted by molar-refractivity contribution is 9.10. The molecule has 5 heteroatoms.